The Kier molecular flexibility index (Phi) is 39.9. The Hall–Kier alpha value is -7.25. The molecule has 16 nitrogen and oxygen atoms in total. The Balaban J connectivity index is 0.000000455. The van der Waals surface area contributed by atoms with Gasteiger partial charge in [0.1, 0.15) is 67.6 Å². The second-order valence-corrected chi connectivity index (χ2v) is 33.2. The number of hydrogen-bond donors (Lipinski definition) is 1. The van der Waals surface area contributed by atoms with Gasteiger partial charge in [-0.3, -0.25) is 4.74 Å². The van der Waals surface area contributed by atoms with Gasteiger partial charge in [0, 0.05) is 28.1 Å². The van der Waals surface area contributed by atoms with Gasteiger partial charge in [-0.05, 0) is 172 Å². The SMILES string of the molecule is CC(C)(C)C(C#[N+]O)c1ccc(OCCOCCOCCOc2ccc(C(O[C+]=[N-])C(C)(C)C)cc2)cc1.CC/C=C(/C)CC.CC/C=C(/C)CCC1ON=C(C(c2ccc(OCCOCCOCCOc3ccc(C(C4=NOC(CC/C(C)=C\CC)C4(C)CC)C(C)(C)C)cc3)cc2)C(C)(C)C)C1(C)CC. The van der Waals surface area contributed by atoms with Crippen LogP contribution in [0.25, 0.3) is 10.4 Å². The number of rotatable bonds is 42. The number of oxime groups is 2. The molecule has 6 rings (SSSR count). The highest BCUT2D eigenvalue weighted by molar-refractivity contribution is 5.98. The summed E-state index contributed by atoms with van der Waals surface area (Å²) in [6, 6.07) is 35.0. The summed E-state index contributed by atoms with van der Waals surface area (Å²) in [5.74, 6) is 3.28. The minimum atomic E-state index is -0.311. The number of nitrogens with zero attached hydrogens (tertiary/aromatic N) is 4. The maximum absolute atomic E-state index is 8.93. The molecule has 0 spiro atoms. The highest BCUT2D eigenvalue weighted by Crippen LogP contribution is 2.51. The molecule has 0 amide bonds. The second-order valence-electron chi connectivity index (χ2n) is 33.2. The van der Waals surface area contributed by atoms with Gasteiger partial charge in [-0.25, -0.2) is 0 Å². The molecule has 1 N–H and O–H groups in total. The molecule has 0 fully saturated rings. The predicted octanol–water partition coefficient (Wildman–Crippen LogP) is 23.4. The Morgan fingerprint density at radius 2 is 0.776 bits per heavy atom. The molecule has 2 aliphatic heterocycles. The predicted molar refractivity (Wildman–Crippen MR) is 441 cm³/mol. The normalized spacial score (nSPS) is 18.8. The van der Waals surface area contributed by atoms with E-state index in [2.05, 4.69) is 216 Å². The van der Waals surface area contributed by atoms with Crippen molar-refractivity contribution in [3.63, 3.8) is 0 Å². The second kappa shape index (κ2) is 46.3. The lowest BCUT2D eigenvalue weighted by atomic mass is 9.63. The fourth-order valence-corrected chi connectivity index (χ4v) is 13.7. The summed E-state index contributed by atoms with van der Waals surface area (Å²) in [7, 11) is 0. The largest absolute Gasteiger partial charge is 0.491 e. The Bertz CT molecular complexity index is 3260. The highest BCUT2D eigenvalue weighted by Gasteiger charge is 2.51. The van der Waals surface area contributed by atoms with Crippen molar-refractivity contribution in [1.82, 2.24) is 0 Å². The van der Waals surface area contributed by atoms with Crippen LogP contribution in [0.4, 0.5) is 0 Å². The maximum atomic E-state index is 8.93. The van der Waals surface area contributed by atoms with E-state index in [0.717, 1.165) is 96.9 Å². The smallest absolute Gasteiger partial charge is 0.388 e. The van der Waals surface area contributed by atoms with E-state index >= 15 is 0 Å². The van der Waals surface area contributed by atoms with E-state index in [1.165, 1.54) is 40.7 Å². The molecular weight excluding hydrogens is 1340 g/mol. The molecule has 594 valence electrons. The van der Waals surface area contributed by atoms with Crippen LogP contribution in [0, 0.1) is 38.6 Å². The summed E-state index contributed by atoms with van der Waals surface area (Å²) in [4.78, 5) is 12.4. The molecule has 0 bridgehead atoms. The number of allylic oxidation sites excluding steroid dienone is 6. The molecule has 0 saturated carbocycles. The lowest BCUT2D eigenvalue weighted by Gasteiger charge is -2.38. The molecule has 2 heterocycles. The van der Waals surface area contributed by atoms with E-state index in [9.17, 15) is 0 Å². The van der Waals surface area contributed by atoms with Crippen molar-refractivity contribution < 1.29 is 57.5 Å². The molecule has 0 aromatic heterocycles. The minimum absolute atomic E-state index is 0.0355. The van der Waals surface area contributed by atoms with E-state index in [4.69, 9.17) is 73.2 Å². The highest BCUT2D eigenvalue weighted by atomic mass is 16.7. The van der Waals surface area contributed by atoms with E-state index in [0.29, 0.717) is 79.3 Å². The van der Waals surface area contributed by atoms with Crippen LogP contribution in [0.2, 0.25) is 0 Å². The zero-order chi connectivity index (χ0) is 79.3. The fourth-order valence-electron chi connectivity index (χ4n) is 13.7. The summed E-state index contributed by atoms with van der Waals surface area (Å²) in [6.07, 6.45) is 19.1. The van der Waals surface area contributed by atoms with Gasteiger partial charge >= 0.3 is 12.5 Å². The van der Waals surface area contributed by atoms with Crippen LogP contribution < -0.4 is 18.9 Å². The number of ether oxygens (including phenoxy) is 9. The first-order chi connectivity index (χ1) is 50.8. The van der Waals surface area contributed by atoms with Crippen molar-refractivity contribution in [2.75, 3.05) is 79.3 Å². The van der Waals surface area contributed by atoms with E-state index in [-0.39, 0.29) is 68.6 Å². The fraction of sp³-hybridized carbons (Fsp3) is 0.626. The van der Waals surface area contributed by atoms with Crippen molar-refractivity contribution in [3.05, 3.63) is 165 Å². The summed E-state index contributed by atoms with van der Waals surface area (Å²) < 4.78 is 51.6. The lowest BCUT2D eigenvalue weighted by molar-refractivity contribution is 0.0229. The standard InChI is InChI=1S/C54H84N2O6.C30H40N2O6.C7H14/c1-15-19-39(5)21-31-45-53(13,17-3)49(55-61-45)47(51(7,8)9)41-23-27-43(28-24-41)59-37-35-57-33-34-58-36-38-60-44-29-25-42(26-30-44)48(52(10,11)12)50-54(14,18-4)46(62-56-50)32-22-40(6)20-16-2;1-29(2,3)27(21-32-33)23-7-11-25(12-8-23)36-19-17-34-15-16-35-18-20-37-26-13-9-24(10-14-26)28(38-22-31)30(4,5)6;1-4-6-7(3)5-2/h19-20,23-30,45-48H,15-18,21-22,31-38H2,1-14H3;7-14,27-28H,15-20H2,1-6H3;6H,4-5H2,1-3H3/p+1/b39-19-,40-20-;;7-6-. The zero-order valence-corrected chi connectivity index (χ0v) is 70.2. The van der Waals surface area contributed by atoms with E-state index < -0.39 is 0 Å². The van der Waals surface area contributed by atoms with Crippen LogP contribution in [-0.4, -0.2) is 115 Å². The Morgan fingerprint density at radius 3 is 1.04 bits per heavy atom. The number of benzene rings is 4. The van der Waals surface area contributed by atoms with Gasteiger partial charge in [-0.2, -0.15) is 5.21 Å². The molecule has 4 aromatic rings. The van der Waals surface area contributed by atoms with Gasteiger partial charge in [0.25, 0.3) is 0 Å². The summed E-state index contributed by atoms with van der Waals surface area (Å²) in [5, 5.41) is 30.6. The third-order valence-electron chi connectivity index (χ3n) is 20.3. The zero-order valence-electron chi connectivity index (χ0n) is 70.2. The van der Waals surface area contributed by atoms with Crippen LogP contribution in [0.15, 0.2) is 142 Å². The lowest BCUT2D eigenvalue weighted by Crippen LogP contribution is -2.41. The summed E-state index contributed by atoms with van der Waals surface area (Å²) >= 11 is 0. The first kappa shape index (κ1) is 92.1. The van der Waals surface area contributed by atoms with Crippen molar-refractivity contribution >= 4 is 17.8 Å². The molecule has 8 atom stereocenters. The molecule has 0 saturated heterocycles. The van der Waals surface area contributed by atoms with Crippen LogP contribution in [0.5, 0.6) is 23.0 Å². The first-order valence-electron chi connectivity index (χ1n) is 39.6. The van der Waals surface area contributed by atoms with Crippen molar-refractivity contribution in [2.45, 2.75) is 260 Å². The summed E-state index contributed by atoms with van der Waals surface area (Å²) in [5.41, 5.74) is 10.5. The van der Waals surface area contributed by atoms with Crippen LogP contribution in [-0.2, 0) is 33.4 Å². The van der Waals surface area contributed by atoms with Gasteiger partial charge in [-0.1, -0.05) is 232 Å². The van der Waals surface area contributed by atoms with Gasteiger partial charge in [0.2, 0.25) is 5.01 Å². The number of hydrogen-bond acceptors (Lipinski definition) is 14. The van der Waals surface area contributed by atoms with Crippen molar-refractivity contribution in [3.8, 4) is 29.1 Å². The molecular formula is C91H139N4O12+. The third kappa shape index (κ3) is 30.6. The molecule has 2 aliphatic rings. The molecule has 0 radical (unpaired) electrons. The topological polar surface area (TPSA) is 173 Å². The molecule has 8 unspecified atom stereocenters. The van der Waals surface area contributed by atoms with Gasteiger partial charge in [0.05, 0.1) is 64.3 Å². The molecule has 16 heteroatoms. The first-order valence-corrected chi connectivity index (χ1v) is 39.6. The van der Waals surface area contributed by atoms with Gasteiger partial charge < -0.3 is 53.0 Å². The Morgan fingerprint density at radius 1 is 0.467 bits per heavy atom. The molecule has 4 aromatic carbocycles. The quantitative estimate of drug-likeness (QED) is 0.0111. The average Bonchev–Trinajstić information content (AvgIpc) is 1.65. The van der Waals surface area contributed by atoms with Crippen molar-refractivity contribution in [1.29, 1.82) is 0 Å². The maximum Gasteiger partial charge on any atom is 0.388 e. The Labute approximate surface area is 647 Å². The van der Waals surface area contributed by atoms with Crippen LogP contribution in [0.3, 0.4) is 0 Å². The summed E-state index contributed by atoms with van der Waals surface area (Å²) in [6.45, 7) is 56.2. The average molecular weight is 1480 g/mol. The molecule has 107 heavy (non-hydrogen) atoms. The minimum Gasteiger partial charge on any atom is -0.491 e. The van der Waals surface area contributed by atoms with E-state index in [1.807, 2.05) is 69.3 Å². The van der Waals surface area contributed by atoms with Crippen LogP contribution in [0.1, 0.15) is 270 Å². The van der Waals surface area contributed by atoms with Crippen LogP contribution >= 0.6 is 0 Å². The third-order valence-corrected chi connectivity index (χ3v) is 20.3. The van der Waals surface area contributed by atoms with E-state index in [1.54, 1.807) is 6.40 Å². The van der Waals surface area contributed by atoms with Gasteiger partial charge in [-0.15, -0.1) is 0 Å². The monoisotopic (exact) mass is 1480 g/mol. The van der Waals surface area contributed by atoms with Crippen molar-refractivity contribution in [2.24, 2.45) is 42.8 Å². The molecule has 0 aliphatic carbocycles. The van der Waals surface area contributed by atoms with Gasteiger partial charge in [0.15, 0.2) is 6.10 Å².